The number of hydrogen-bond donors (Lipinski definition) is 1. The minimum absolute atomic E-state index is 0.0592. The first-order valence-corrected chi connectivity index (χ1v) is 7.70. The molecule has 0 aromatic heterocycles. The Kier molecular flexibility index (Phi) is 3.35. The Bertz CT molecular complexity index is 459. The molecule has 4 nitrogen and oxygen atoms in total. The van der Waals surface area contributed by atoms with Gasteiger partial charge in [0.2, 0.25) is 5.91 Å². The van der Waals surface area contributed by atoms with Gasteiger partial charge in [0.05, 0.1) is 11.8 Å². The lowest BCUT2D eigenvalue weighted by atomic mass is 9.81. The van der Waals surface area contributed by atoms with E-state index in [9.17, 15) is 14.7 Å². The summed E-state index contributed by atoms with van der Waals surface area (Å²) in [5.41, 5.74) is 0. The molecule has 2 aliphatic carbocycles. The van der Waals surface area contributed by atoms with Crippen LogP contribution in [-0.4, -0.2) is 34.5 Å². The molecular formula is C16H23NO3. The van der Waals surface area contributed by atoms with Gasteiger partial charge in [0, 0.05) is 12.6 Å². The average molecular weight is 277 g/mol. The molecule has 0 aromatic rings. The van der Waals surface area contributed by atoms with Gasteiger partial charge in [0.15, 0.2) is 0 Å². The van der Waals surface area contributed by atoms with Gasteiger partial charge in [0.25, 0.3) is 0 Å². The summed E-state index contributed by atoms with van der Waals surface area (Å²) in [5.74, 6) is -0.863. The monoisotopic (exact) mass is 277 g/mol. The first-order valence-electron chi connectivity index (χ1n) is 7.70. The lowest BCUT2D eigenvalue weighted by molar-refractivity contribution is -0.153. The van der Waals surface area contributed by atoms with E-state index >= 15 is 0 Å². The van der Waals surface area contributed by atoms with Crippen molar-refractivity contribution in [2.75, 3.05) is 6.54 Å². The van der Waals surface area contributed by atoms with Gasteiger partial charge in [-0.2, -0.15) is 0 Å². The molecule has 1 heterocycles. The van der Waals surface area contributed by atoms with Crippen molar-refractivity contribution in [3.05, 3.63) is 12.2 Å². The van der Waals surface area contributed by atoms with Crippen LogP contribution in [0.25, 0.3) is 0 Å². The Balaban J connectivity index is 1.82. The fraction of sp³-hybridized carbons (Fsp3) is 0.750. The van der Waals surface area contributed by atoms with Crippen molar-refractivity contribution in [1.29, 1.82) is 0 Å². The van der Waals surface area contributed by atoms with Crippen LogP contribution in [0, 0.1) is 29.6 Å². The van der Waals surface area contributed by atoms with Crippen LogP contribution < -0.4 is 0 Å². The van der Waals surface area contributed by atoms with Crippen molar-refractivity contribution in [1.82, 2.24) is 4.90 Å². The van der Waals surface area contributed by atoms with E-state index in [0.717, 1.165) is 25.8 Å². The molecule has 1 saturated carbocycles. The molecule has 4 heteroatoms. The number of carboxylic acids is 1. The maximum Gasteiger partial charge on any atom is 0.307 e. The van der Waals surface area contributed by atoms with E-state index in [0.29, 0.717) is 5.92 Å². The van der Waals surface area contributed by atoms with Gasteiger partial charge < -0.3 is 10.0 Å². The lowest BCUT2D eigenvalue weighted by Gasteiger charge is -2.40. The van der Waals surface area contributed by atoms with Crippen molar-refractivity contribution in [3.8, 4) is 0 Å². The highest BCUT2D eigenvalue weighted by molar-refractivity contribution is 5.87. The number of aliphatic carboxylic acids is 1. The van der Waals surface area contributed by atoms with E-state index in [1.54, 1.807) is 0 Å². The number of allylic oxidation sites excluding steroid dienone is 2. The molecule has 1 aliphatic heterocycles. The molecule has 2 fully saturated rings. The van der Waals surface area contributed by atoms with Crippen LogP contribution in [0.15, 0.2) is 12.2 Å². The van der Waals surface area contributed by atoms with Crippen LogP contribution >= 0.6 is 0 Å². The number of hydrogen-bond acceptors (Lipinski definition) is 2. The second-order valence-electron chi connectivity index (χ2n) is 6.86. The number of piperidine rings is 1. The number of nitrogens with zero attached hydrogens (tertiary/aromatic N) is 1. The molecular weight excluding hydrogens is 254 g/mol. The van der Waals surface area contributed by atoms with Gasteiger partial charge in [-0.15, -0.1) is 0 Å². The zero-order chi connectivity index (χ0) is 14.4. The van der Waals surface area contributed by atoms with E-state index in [1.165, 1.54) is 0 Å². The molecule has 0 radical (unpaired) electrons. The van der Waals surface area contributed by atoms with Gasteiger partial charge in [-0.25, -0.2) is 0 Å². The van der Waals surface area contributed by atoms with Crippen LogP contribution in [0.1, 0.15) is 33.1 Å². The minimum Gasteiger partial charge on any atom is -0.481 e. The SMILES string of the molecule is CC1CCC(C)N(C(=O)[C@H]2C3C=CC(C3)[C@H]2C(=O)O)C1. The number of carbonyl (C=O) groups is 2. The number of likely N-dealkylation sites (tertiary alicyclic amines) is 1. The van der Waals surface area contributed by atoms with Crippen LogP contribution in [0.2, 0.25) is 0 Å². The smallest absolute Gasteiger partial charge is 0.307 e. The summed E-state index contributed by atoms with van der Waals surface area (Å²) in [6.45, 7) is 5.04. The van der Waals surface area contributed by atoms with Gasteiger partial charge in [-0.3, -0.25) is 9.59 Å². The van der Waals surface area contributed by atoms with Crippen molar-refractivity contribution in [2.24, 2.45) is 29.6 Å². The van der Waals surface area contributed by atoms with E-state index in [2.05, 4.69) is 19.9 Å². The molecule has 2 bridgehead atoms. The summed E-state index contributed by atoms with van der Waals surface area (Å²) in [4.78, 5) is 26.4. The van der Waals surface area contributed by atoms with Crippen molar-refractivity contribution < 1.29 is 14.7 Å². The highest BCUT2D eigenvalue weighted by Gasteiger charge is 2.53. The fourth-order valence-corrected chi connectivity index (χ4v) is 4.28. The number of carboxylic acid groups (broad SMARTS) is 1. The Morgan fingerprint density at radius 1 is 1.10 bits per heavy atom. The second kappa shape index (κ2) is 4.90. The second-order valence-corrected chi connectivity index (χ2v) is 6.86. The Morgan fingerprint density at radius 2 is 1.75 bits per heavy atom. The molecule has 20 heavy (non-hydrogen) atoms. The quantitative estimate of drug-likeness (QED) is 0.787. The maximum atomic E-state index is 12.9. The number of rotatable bonds is 2. The van der Waals surface area contributed by atoms with E-state index in [4.69, 9.17) is 0 Å². The van der Waals surface area contributed by atoms with Crippen LogP contribution in [0.4, 0.5) is 0 Å². The summed E-state index contributed by atoms with van der Waals surface area (Å²) in [5, 5.41) is 9.47. The first-order chi connectivity index (χ1) is 9.49. The number of fused-ring (bicyclic) bond motifs is 2. The van der Waals surface area contributed by atoms with E-state index in [1.807, 2.05) is 11.0 Å². The zero-order valence-electron chi connectivity index (χ0n) is 12.2. The molecule has 1 N–H and O–H groups in total. The molecule has 1 amide bonds. The fourth-order valence-electron chi connectivity index (χ4n) is 4.28. The third-order valence-corrected chi connectivity index (χ3v) is 5.43. The van der Waals surface area contributed by atoms with Gasteiger partial charge >= 0.3 is 5.97 Å². The predicted molar refractivity (Wildman–Crippen MR) is 74.9 cm³/mol. The molecule has 110 valence electrons. The Hall–Kier alpha value is -1.32. The summed E-state index contributed by atoms with van der Waals surface area (Å²) >= 11 is 0. The average Bonchev–Trinajstić information content (AvgIpc) is 3.00. The molecule has 0 aromatic carbocycles. The molecule has 6 atom stereocenters. The van der Waals surface area contributed by atoms with E-state index in [-0.39, 0.29) is 29.7 Å². The van der Waals surface area contributed by atoms with E-state index < -0.39 is 11.9 Å². The van der Waals surface area contributed by atoms with Gasteiger partial charge in [-0.1, -0.05) is 19.1 Å². The van der Waals surface area contributed by atoms with Crippen LogP contribution in [0.3, 0.4) is 0 Å². The largest absolute Gasteiger partial charge is 0.481 e. The summed E-state index contributed by atoms with van der Waals surface area (Å²) in [7, 11) is 0. The van der Waals surface area contributed by atoms with Crippen molar-refractivity contribution in [3.63, 3.8) is 0 Å². The molecule has 1 saturated heterocycles. The Morgan fingerprint density at radius 3 is 2.40 bits per heavy atom. The number of amides is 1. The molecule has 0 spiro atoms. The van der Waals surface area contributed by atoms with Crippen molar-refractivity contribution >= 4 is 11.9 Å². The third kappa shape index (κ3) is 2.05. The Labute approximate surface area is 119 Å². The predicted octanol–water partition coefficient (Wildman–Crippen LogP) is 2.16. The third-order valence-electron chi connectivity index (χ3n) is 5.43. The molecule has 3 aliphatic rings. The standard InChI is InChI=1S/C16H23NO3/c1-9-3-4-10(2)17(8-9)15(18)13-11-5-6-12(7-11)14(13)16(19)20/h5-6,9-14H,3-4,7-8H2,1-2H3,(H,19,20)/t9?,10?,11?,12?,13-,14+/m0/s1. The normalized spacial score (nSPS) is 43.0. The highest BCUT2D eigenvalue weighted by atomic mass is 16.4. The summed E-state index contributed by atoms with van der Waals surface area (Å²) < 4.78 is 0. The summed E-state index contributed by atoms with van der Waals surface area (Å²) in [6.07, 6.45) is 7.08. The summed E-state index contributed by atoms with van der Waals surface area (Å²) in [6, 6.07) is 0.247. The van der Waals surface area contributed by atoms with Crippen LogP contribution in [0.5, 0.6) is 0 Å². The van der Waals surface area contributed by atoms with Gasteiger partial charge in [-0.05, 0) is 43.9 Å². The topological polar surface area (TPSA) is 57.6 Å². The van der Waals surface area contributed by atoms with Gasteiger partial charge in [0.1, 0.15) is 0 Å². The van der Waals surface area contributed by atoms with Crippen LogP contribution in [-0.2, 0) is 9.59 Å². The minimum atomic E-state index is -0.807. The number of carbonyl (C=O) groups excluding carboxylic acids is 1. The first kappa shape index (κ1) is 13.7. The van der Waals surface area contributed by atoms with Crippen molar-refractivity contribution in [2.45, 2.75) is 39.2 Å². The highest BCUT2D eigenvalue weighted by Crippen LogP contribution is 2.49. The zero-order valence-corrected chi connectivity index (χ0v) is 12.2. The maximum absolute atomic E-state index is 12.9. The molecule has 4 unspecified atom stereocenters. The lowest BCUT2D eigenvalue weighted by Crippen LogP contribution is -2.50. The molecule has 3 rings (SSSR count).